The third-order valence-electron chi connectivity index (χ3n) is 3.78. The molecule has 0 atom stereocenters. The van der Waals surface area contributed by atoms with Gasteiger partial charge in [-0.25, -0.2) is 0 Å². The zero-order chi connectivity index (χ0) is 14.4. The molecular formula is C17H28N2S. The molecule has 2 rings (SSSR count). The van der Waals surface area contributed by atoms with E-state index in [1.54, 1.807) is 0 Å². The molecule has 0 saturated carbocycles. The molecule has 0 spiro atoms. The van der Waals surface area contributed by atoms with Crippen molar-refractivity contribution in [1.82, 2.24) is 5.32 Å². The molecule has 0 amide bonds. The summed E-state index contributed by atoms with van der Waals surface area (Å²) >= 11 is 2.08. The topological polar surface area (TPSA) is 15.3 Å². The average Bonchev–Trinajstić information content (AvgIpc) is 2.69. The first kappa shape index (κ1) is 15.7. The Hall–Kier alpha value is -0.670. The molecule has 1 aromatic carbocycles. The van der Waals surface area contributed by atoms with Crippen molar-refractivity contribution < 1.29 is 0 Å². The number of benzene rings is 1. The van der Waals surface area contributed by atoms with Crippen molar-refractivity contribution in [2.45, 2.75) is 33.7 Å². The van der Waals surface area contributed by atoms with Gasteiger partial charge in [0.2, 0.25) is 0 Å². The van der Waals surface area contributed by atoms with Crippen LogP contribution in [0.1, 0.15) is 31.4 Å². The lowest BCUT2D eigenvalue weighted by Gasteiger charge is -2.23. The molecule has 1 heterocycles. The smallest absolute Gasteiger partial charge is 0.0369 e. The van der Waals surface area contributed by atoms with Gasteiger partial charge in [0.05, 0.1) is 0 Å². The monoisotopic (exact) mass is 292 g/mol. The Bertz CT molecular complexity index is 409. The highest BCUT2D eigenvalue weighted by Gasteiger charge is 2.11. The molecule has 1 aliphatic heterocycles. The summed E-state index contributed by atoms with van der Waals surface area (Å²) in [6, 6.07) is 6.97. The van der Waals surface area contributed by atoms with Gasteiger partial charge in [-0.1, -0.05) is 19.9 Å². The van der Waals surface area contributed by atoms with E-state index in [4.69, 9.17) is 0 Å². The molecule has 0 bridgehead atoms. The van der Waals surface area contributed by atoms with E-state index in [1.165, 1.54) is 47.8 Å². The van der Waals surface area contributed by atoms with Gasteiger partial charge < -0.3 is 10.2 Å². The number of anilines is 1. The quantitative estimate of drug-likeness (QED) is 0.891. The average molecular weight is 292 g/mol. The number of thioether (sulfide) groups is 1. The minimum atomic E-state index is 0.712. The summed E-state index contributed by atoms with van der Waals surface area (Å²) in [5, 5.41) is 3.53. The van der Waals surface area contributed by atoms with Crippen molar-refractivity contribution in [3.63, 3.8) is 0 Å². The van der Waals surface area contributed by atoms with Crippen LogP contribution in [0.2, 0.25) is 0 Å². The molecule has 3 heteroatoms. The fraction of sp³-hybridized carbons (Fsp3) is 0.647. The van der Waals surface area contributed by atoms with Crippen LogP contribution in [0.5, 0.6) is 0 Å². The molecule has 0 aromatic heterocycles. The second-order valence-corrected chi connectivity index (χ2v) is 7.31. The number of rotatable bonds is 5. The van der Waals surface area contributed by atoms with Crippen LogP contribution < -0.4 is 10.2 Å². The summed E-state index contributed by atoms with van der Waals surface area (Å²) in [6.45, 7) is 11.2. The number of nitrogens with zero attached hydrogens (tertiary/aromatic N) is 1. The predicted octanol–water partition coefficient (Wildman–Crippen LogP) is 3.68. The maximum Gasteiger partial charge on any atom is 0.0369 e. The van der Waals surface area contributed by atoms with Crippen LogP contribution in [0, 0.1) is 12.8 Å². The molecule has 0 radical (unpaired) electrons. The first-order chi connectivity index (χ1) is 9.66. The highest BCUT2D eigenvalue weighted by Crippen LogP contribution is 2.22. The number of hydrogen-bond donors (Lipinski definition) is 1. The van der Waals surface area contributed by atoms with Crippen LogP contribution in [-0.4, -0.2) is 31.1 Å². The van der Waals surface area contributed by atoms with Gasteiger partial charge in [-0.15, -0.1) is 0 Å². The highest BCUT2D eigenvalue weighted by molar-refractivity contribution is 7.99. The van der Waals surface area contributed by atoms with Crippen molar-refractivity contribution in [3.8, 4) is 0 Å². The largest absolute Gasteiger partial charge is 0.371 e. The molecule has 20 heavy (non-hydrogen) atoms. The maximum atomic E-state index is 3.53. The van der Waals surface area contributed by atoms with Gasteiger partial charge in [0.25, 0.3) is 0 Å². The molecule has 1 aliphatic rings. The van der Waals surface area contributed by atoms with Crippen LogP contribution in [0.15, 0.2) is 18.2 Å². The highest BCUT2D eigenvalue weighted by atomic mass is 32.2. The van der Waals surface area contributed by atoms with E-state index in [1.807, 2.05) is 0 Å². The standard InChI is InChI=1S/C17H28N2S/c1-14(2)12-18-13-16-5-6-17(11-15(16)3)19-7-4-9-20-10-8-19/h5-6,11,14,18H,4,7-10,12-13H2,1-3H3. The molecule has 112 valence electrons. The van der Waals surface area contributed by atoms with Crippen molar-refractivity contribution >= 4 is 17.4 Å². The molecule has 0 aliphatic carbocycles. The summed E-state index contributed by atoms with van der Waals surface area (Å²) in [4.78, 5) is 2.54. The maximum absolute atomic E-state index is 3.53. The van der Waals surface area contributed by atoms with E-state index in [2.05, 4.69) is 60.9 Å². The SMILES string of the molecule is Cc1cc(N2CCCSCC2)ccc1CNCC(C)C. The molecule has 1 fully saturated rings. The van der Waals surface area contributed by atoms with E-state index in [0.717, 1.165) is 13.1 Å². The fourth-order valence-corrected chi connectivity index (χ4v) is 3.46. The third-order valence-corrected chi connectivity index (χ3v) is 4.83. The zero-order valence-corrected chi connectivity index (χ0v) is 13.9. The van der Waals surface area contributed by atoms with Gasteiger partial charge in [-0.05, 0) is 54.8 Å². The van der Waals surface area contributed by atoms with E-state index in [9.17, 15) is 0 Å². The summed E-state index contributed by atoms with van der Waals surface area (Å²) in [7, 11) is 0. The summed E-state index contributed by atoms with van der Waals surface area (Å²) in [5.41, 5.74) is 4.24. The Morgan fingerprint density at radius 3 is 2.85 bits per heavy atom. The lowest BCUT2D eigenvalue weighted by atomic mass is 10.1. The van der Waals surface area contributed by atoms with Crippen molar-refractivity contribution in [3.05, 3.63) is 29.3 Å². The molecule has 1 saturated heterocycles. The molecular weight excluding hydrogens is 264 g/mol. The number of hydrogen-bond acceptors (Lipinski definition) is 3. The number of aryl methyl sites for hydroxylation is 1. The first-order valence-corrected chi connectivity index (χ1v) is 8.95. The van der Waals surface area contributed by atoms with Crippen molar-refractivity contribution in [2.75, 3.05) is 36.0 Å². The second-order valence-electron chi connectivity index (χ2n) is 6.09. The molecule has 1 aromatic rings. The van der Waals surface area contributed by atoms with Gasteiger partial charge in [0.15, 0.2) is 0 Å². The molecule has 2 nitrogen and oxygen atoms in total. The Labute approximate surface area is 128 Å². The summed E-state index contributed by atoms with van der Waals surface area (Å²) in [6.07, 6.45) is 1.31. The Morgan fingerprint density at radius 1 is 1.25 bits per heavy atom. The Kier molecular flexibility index (Phi) is 6.24. The van der Waals surface area contributed by atoms with E-state index < -0.39 is 0 Å². The predicted molar refractivity (Wildman–Crippen MR) is 91.9 cm³/mol. The minimum Gasteiger partial charge on any atom is -0.371 e. The first-order valence-electron chi connectivity index (χ1n) is 7.80. The summed E-state index contributed by atoms with van der Waals surface area (Å²) < 4.78 is 0. The van der Waals surface area contributed by atoms with E-state index in [0.29, 0.717) is 5.92 Å². The van der Waals surface area contributed by atoms with Crippen LogP contribution in [0.3, 0.4) is 0 Å². The van der Waals surface area contributed by atoms with Gasteiger partial charge in [-0.2, -0.15) is 11.8 Å². The lowest BCUT2D eigenvalue weighted by Crippen LogP contribution is -2.25. The second kappa shape index (κ2) is 7.94. The molecule has 0 unspecified atom stereocenters. The van der Waals surface area contributed by atoms with Crippen molar-refractivity contribution in [1.29, 1.82) is 0 Å². The lowest BCUT2D eigenvalue weighted by molar-refractivity contribution is 0.551. The summed E-state index contributed by atoms with van der Waals surface area (Å²) in [5.74, 6) is 3.29. The van der Waals surface area contributed by atoms with Gasteiger partial charge in [0.1, 0.15) is 0 Å². The van der Waals surface area contributed by atoms with Gasteiger partial charge in [0, 0.05) is 31.1 Å². The van der Waals surface area contributed by atoms with Crippen molar-refractivity contribution in [2.24, 2.45) is 5.92 Å². The van der Waals surface area contributed by atoms with Crippen LogP contribution in [0.4, 0.5) is 5.69 Å². The van der Waals surface area contributed by atoms with Crippen LogP contribution in [0.25, 0.3) is 0 Å². The Morgan fingerprint density at radius 2 is 2.10 bits per heavy atom. The fourth-order valence-electron chi connectivity index (χ4n) is 2.57. The van der Waals surface area contributed by atoms with Crippen LogP contribution in [-0.2, 0) is 6.54 Å². The van der Waals surface area contributed by atoms with Gasteiger partial charge >= 0.3 is 0 Å². The zero-order valence-electron chi connectivity index (χ0n) is 13.1. The Balaban J connectivity index is 1.97. The molecule has 1 N–H and O–H groups in total. The van der Waals surface area contributed by atoms with E-state index >= 15 is 0 Å². The number of nitrogens with one attached hydrogen (secondary N) is 1. The normalized spacial score (nSPS) is 16.5. The minimum absolute atomic E-state index is 0.712. The van der Waals surface area contributed by atoms with Gasteiger partial charge in [-0.3, -0.25) is 0 Å². The van der Waals surface area contributed by atoms with Crippen LogP contribution >= 0.6 is 11.8 Å². The third kappa shape index (κ3) is 4.71. The van der Waals surface area contributed by atoms with E-state index in [-0.39, 0.29) is 0 Å².